The Kier molecular flexibility index (Phi) is 3.90. The highest BCUT2D eigenvalue weighted by atomic mass is 14.6. The highest BCUT2D eigenvalue weighted by molar-refractivity contribution is 5.35. The van der Waals surface area contributed by atoms with Crippen LogP contribution in [0.2, 0.25) is 0 Å². The Bertz CT molecular complexity index is 459. The van der Waals surface area contributed by atoms with Gasteiger partial charge >= 0.3 is 0 Å². The van der Waals surface area contributed by atoms with Gasteiger partial charge in [0.15, 0.2) is 0 Å². The zero-order valence-electron chi connectivity index (χ0n) is 13.1. The monoisotopic (exact) mass is 271 g/mol. The average molecular weight is 271 g/mol. The van der Waals surface area contributed by atoms with Gasteiger partial charge in [0.2, 0.25) is 0 Å². The SMILES string of the molecule is CC1(C)CCC(CN)C(c2ccccc2C2CCC2)C1. The van der Waals surface area contributed by atoms with E-state index in [1.54, 1.807) is 11.1 Å². The second-order valence-corrected chi connectivity index (χ2v) is 7.77. The van der Waals surface area contributed by atoms with Crippen molar-refractivity contribution in [2.75, 3.05) is 6.54 Å². The van der Waals surface area contributed by atoms with Crippen LogP contribution in [0.15, 0.2) is 24.3 Å². The molecule has 0 radical (unpaired) electrons. The lowest BCUT2D eigenvalue weighted by molar-refractivity contribution is 0.164. The summed E-state index contributed by atoms with van der Waals surface area (Å²) in [6.45, 7) is 5.71. The fourth-order valence-corrected chi connectivity index (χ4v) is 4.23. The fraction of sp³-hybridized carbons (Fsp3) is 0.684. The minimum Gasteiger partial charge on any atom is -0.330 e. The molecular weight excluding hydrogens is 242 g/mol. The molecule has 0 bridgehead atoms. The van der Waals surface area contributed by atoms with E-state index in [0.29, 0.717) is 17.3 Å². The lowest BCUT2D eigenvalue weighted by Crippen LogP contribution is -2.33. The van der Waals surface area contributed by atoms with Crippen LogP contribution in [-0.2, 0) is 0 Å². The van der Waals surface area contributed by atoms with E-state index < -0.39 is 0 Å². The van der Waals surface area contributed by atoms with E-state index >= 15 is 0 Å². The van der Waals surface area contributed by atoms with Crippen molar-refractivity contribution in [3.63, 3.8) is 0 Å². The maximum Gasteiger partial charge on any atom is -0.00430 e. The van der Waals surface area contributed by atoms with Crippen LogP contribution in [0.1, 0.15) is 75.3 Å². The number of hydrogen-bond donors (Lipinski definition) is 1. The molecule has 1 aromatic rings. The number of hydrogen-bond acceptors (Lipinski definition) is 1. The van der Waals surface area contributed by atoms with Crippen LogP contribution in [0.5, 0.6) is 0 Å². The highest BCUT2D eigenvalue weighted by Gasteiger charge is 2.36. The summed E-state index contributed by atoms with van der Waals surface area (Å²) in [5, 5.41) is 0. The van der Waals surface area contributed by atoms with E-state index in [1.165, 1.54) is 38.5 Å². The summed E-state index contributed by atoms with van der Waals surface area (Å²) in [6.07, 6.45) is 8.12. The Morgan fingerprint density at radius 2 is 1.80 bits per heavy atom. The molecule has 0 amide bonds. The zero-order chi connectivity index (χ0) is 14.2. The summed E-state index contributed by atoms with van der Waals surface area (Å²) < 4.78 is 0. The molecule has 3 rings (SSSR count). The number of benzene rings is 1. The number of nitrogens with two attached hydrogens (primary N) is 1. The first-order valence-corrected chi connectivity index (χ1v) is 8.39. The zero-order valence-corrected chi connectivity index (χ0v) is 13.1. The van der Waals surface area contributed by atoms with Crippen LogP contribution in [0.3, 0.4) is 0 Å². The van der Waals surface area contributed by atoms with E-state index in [1.807, 2.05) is 0 Å². The highest BCUT2D eigenvalue weighted by Crippen LogP contribution is 2.49. The Hall–Kier alpha value is -0.820. The van der Waals surface area contributed by atoms with Gasteiger partial charge in [0.25, 0.3) is 0 Å². The summed E-state index contributed by atoms with van der Waals surface area (Å²) in [7, 11) is 0. The van der Waals surface area contributed by atoms with Crippen molar-refractivity contribution in [3.8, 4) is 0 Å². The van der Waals surface area contributed by atoms with Crippen molar-refractivity contribution in [1.82, 2.24) is 0 Å². The Morgan fingerprint density at radius 3 is 2.40 bits per heavy atom. The van der Waals surface area contributed by atoms with Gasteiger partial charge < -0.3 is 5.73 Å². The standard InChI is InChI=1S/C19H29N/c1-19(2)11-10-15(13-20)18(12-19)17-9-4-3-8-16(17)14-6-5-7-14/h3-4,8-9,14-15,18H,5-7,10-13,20H2,1-2H3. The summed E-state index contributed by atoms with van der Waals surface area (Å²) in [5.74, 6) is 2.19. The lowest BCUT2D eigenvalue weighted by Gasteiger charge is -2.42. The minimum absolute atomic E-state index is 0.475. The molecule has 0 aliphatic heterocycles. The quantitative estimate of drug-likeness (QED) is 0.837. The second-order valence-electron chi connectivity index (χ2n) is 7.77. The summed E-state index contributed by atoms with van der Waals surface area (Å²) in [5.41, 5.74) is 9.83. The smallest absolute Gasteiger partial charge is 0.00430 e. The maximum absolute atomic E-state index is 6.09. The summed E-state index contributed by atoms with van der Waals surface area (Å²) in [4.78, 5) is 0. The van der Waals surface area contributed by atoms with Crippen LogP contribution >= 0.6 is 0 Å². The molecule has 0 aromatic heterocycles. The molecule has 2 N–H and O–H groups in total. The predicted molar refractivity (Wildman–Crippen MR) is 86.0 cm³/mol. The topological polar surface area (TPSA) is 26.0 Å². The molecule has 110 valence electrons. The third kappa shape index (κ3) is 2.65. The second kappa shape index (κ2) is 5.52. The molecule has 0 saturated heterocycles. The van der Waals surface area contributed by atoms with Gasteiger partial charge in [-0.1, -0.05) is 44.5 Å². The van der Waals surface area contributed by atoms with Gasteiger partial charge in [-0.05, 0) is 72.9 Å². The first-order chi connectivity index (χ1) is 9.61. The van der Waals surface area contributed by atoms with Gasteiger partial charge in [0, 0.05) is 0 Å². The third-order valence-corrected chi connectivity index (χ3v) is 5.78. The molecule has 0 spiro atoms. The molecule has 2 saturated carbocycles. The van der Waals surface area contributed by atoms with Crippen molar-refractivity contribution in [1.29, 1.82) is 0 Å². The van der Waals surface area contributed by atoms with E-state index in [0.717, 1.165) is 12.5 Å². The van der Waals surface area contributed by atoms with Crippen LogP contribution in [0, 0.1) is 11.3 Å². The fourth-order valence-electron chi connectivity index (χ4n) is 4.23. The van der Waals surface area contributed by atoms with Gasteiger partial charge in [0.05, 0.1) is 0 Å². The Labute approximate surface area is 124 Å². The molecule has 2 unspecified atom stereocenters. The minimum atomic E-state index is 0.475. The van der Waals surface area contributed by atoms with E-state index in [-0.39, 0.29) is 0 Å². The normalized spacial score (nSPS) is 29.9. The third-order valence-electron chi connectivity index (χ3n) is 5.78. The van der Waals surface area contributed by atoms with Gasteiger partial charge in [-0.15, -0.1) is 0 Å². The van der Waals surface area contributed by atoms with Gasteiger partial charge in [-0.2, -0.15) is 0 Å². The van der Waals surface area contributed by atoms with Gasteiger partial charge in [-0.25, -0.2) is 0 Å². The molecule has 2 fully saturated rings. The van der Waals surface area contributed by atoms with E-state index in [4.69, 9.17) is 5.73 Å². The molecule has 20 heavy (non-hydrogen) atoms. The van der Waals surface area contributed by atoms with Gasteiger partial charge in [-0.3, -0.25) is 0 Å². The van der Waals surface area contributed by atoms with Crippen LogP contribution in [-0.4, -0.2) is 6.54 Å². The maximum atomic E-state index is 6.09. The first kappa shape index (κ1) is 14.1. The molecular formula is C19H29N. The molecule has 1 nitrogen and oxygen atoms in total. The van der Waals surface area contributed by atoms with Crippen LogP contribution in [0.4, 0.5) is 0 Å². The Morgan fingerprint density at radius 1 is 1.10 bits per heavy atom. The van der Waals surface area contributed by atoms with Crippen molar-refractivity contribution in [3.05, 3.63) is 35.4 Å². The van der Waals surface area contributed by atoms with E-state index in [9.17, 15) is 0 Å². The number of rotatable bonds is 3. The lowest BCUT2D eigenvalue weighted by atomic mass is 9.63. The Balaban J connectivity index is 1.92. The van der Waals surface area contributed by atoms with Crippen molar-refractivity contribution >= 4 is 0 Å². The predicted octanol–water partition coefficient (Wildman–Crippen LogP) is 4.82. The molecule has 1 aromatic carbocycles. The first-order valence-electron chi connectivity index (χ1n) is 8.39. The molecule has 2 aliphatic carbocycles. The van der Waals surface area contributed by atoms with Crippen molar-refractivity contribution in [2.45, 2.75) is 64.2 Å². The van der Waals surface area contributed by atoms with Gasteiger partial charge in [0.1, 0.15) is 0 Å². The van der Waals surface area contributed by atoms with Crippen molar-refractivity contribution in [2.24, 2.45) is 17.1 Å². The largest absolute Gasteiger partial charge is 0.330 e. The van der Waals surface area contributed by atoms with Crippen LogP contribution in [0.25, 0.3) is 0 Å². The van der Waals surface area contributed by atoms with Crippen LogP contribution < -0.4 is 5.73 Å². The average Bonchev–Trinajstić information content (AvgIpc) is 2.36. The van der Waals surface area contributed by atoms with E-state index in [2.05, 4.69) is 38.1 Å². The molecule has 0 heterocycles. The summed E-state index contributed by atoms with van der Waals surface area (Å²) in [6, 6.07) is 9.23. The van der Waals surface area contributed by atoms with Crippen molar-refractivity contribution < 1.29 is 0 Å². The molecule has 1 heteroatoms. The summed E-state index contributed by atoms with van der Waals surface area (Å²) >= 11 is 0. The molecule has 2 atom stereocenters. The molecule has 2 aliphatic rings.